The summed E-state index contributed by atoms with van der Waals surface area (Å²) in [5, 5.41) is 20.6. The van der Waals surface area contributed by atoms with Crippen molar-refractivity contribution in [1.82, 2.24) is 20.2 Å². The van der Waals surface area contributed by atoms with Crippen molar-refractivity contribution >= 4 is 0 Å². The highest BCUT2D eigenvalue weighted by Crippen LogP contribution is 2.30. The topological polar surface area (TPSA) is 67.4 Å². The van der Waals surface area contributed by atoms with E-state index in [0.29, 0.717) is 18.8 Å². The molecule has 0 aliphatic carbocycles. The third-order valence-corrected chi connectivity index (χ3v) is 3.50. The van der Waals surface area contributed by atoms with Gasteiger partial charge in [0.1, 0.15) is 0 Å². The quantitative estimate of drug-likeness (QED) is 0.739. The van der Waals surface area contributed by atoms with E-state index in [-0.39, 0.29) is 0 Å². The summed E-state index contributed by atoms with van der Waals surface area (Å²) in [7, 11) is 0. The molecule has 0 spiro atoms. The predicted molar refractivity (Wildman–Crippen MR) is 83.7 cm³/mol. The molecular weight excluding hydrogens is 274 g/mol. The fourth-order valence-electron chi connectivity index (χ4n) is 2.37. The molecule has 0 atom stereocenters. The Morgan fingerprint density at radius 3 is 2.50 bits per heavy atom. The number of benzene rings is 2. The summed E-state index contributed by atoms with van der Waals surface area (Å²) in [5.74, 6) is 0.687. The summed E-state index contributed by atoms with van der Waals surface area (Å²) in [4.78, 5) is 0. The Labute approximate surface area is 128 Å². The van der Waals surface area contributed by atoms with Gasteiger partial charge in [0, 0.05) is 5.56 Å². The molecule has 5 heteroatoms. The molecule has 22 heavy (non-hydrogen) atoms. The van der Waals surface area contributed by atoms with Gasteiger partial charge in [-0.05, 0) is 28.5 Å². The molecule has 2 aromatic carbocycles. The second-order valence-corrected chi connectivity index (χ2v) is 5.05. The van der Waals surface area contributed by atoms with Crippen LogP contribution in [-0.4, -0.2) is 20.2 Å². The fraction of sp³-hybridized carbons (Fsp3) is 0.176. The van der Waals surface area contributed by atoms with Crippen LogP contribution in [-0.2, 0) is 6.54 Å². The second-order valence-electron chi connectivity index (χ2n) is 5.05. The van der Waals surface area contributed by atoms with Crippen LogP contribution in [0.15, 0.2) is 48.5 Å². The van der Waals surface area contributed by atoms with Gasteiger partial charge in [-0.3, -0.25) is 0 Å². The lowest BCUT2D eigenvalue weighted by atomic mass is 9.98. The van der Waals surface area contributed by atoms with Crippen LogP contribution in [0.4, 0.5) is 0 Å². The molecular formula is C17H15N5. The van der Waals surface area contributed by atoms with Crippen LogP contribution >= 0.6 is 0 Å². The van der Waals surface area contributed by atoms with E-state index in [9.17, 15) is 0 Å². The van der Waals surface area contributed by atoms with E-state index in [2.05, 4.69) is 58.9 Å². The van der Waals surface area contributed by atoms with Gasteiger partial charge in [-0.25, -0.2) is 4.68 Å². The largest absolute Gasteiger partial charge is 0.224 e. The second kappa shape index (κ2) is 6.19. The molecule has 0 saturated heterocycles. The summed E-state index contributed by atoms with van der Waals surface area (Å²) in [6.07, 6.45) is 0.380. The summed E-state index contributed by atoms with van der Waals surface area (Å²) in [5.41, 5.74) is 4.39. The maximum atomic E-state index is 8.75. The van der Waals surface area contributed by atoms with Gasteiger partial charge in [-0.1, -0.05) is 54.1 Å². The summed E-state index contributed by atoms with van der Waals surface area (Å²) < 4.78 is 1.68. The van der Waals surface area contributed by atoms with Crippen LogP contribution < -0.4 is 0 Å². The molecule has 1 aromatic heterocycles. The van der Waals surface area contributed by atoms with Crippen molar-refractivity contribution in [3.05, 3.63) is 54.1 Å². The van der Waals surface area contributed by atoms with Crippen molar-refractivity contribution in [3.8, 4) is 28.6 Å². The Balaban J connectivity index is 2.07. The summed E-state index contributed by atoms with van der Waals surface area (Å²) in [6, 6.07) is 18.5. The minimum absolute atomic E-state index is 0.380. The molecule has 0 bridgehead atoms. The smallest absolute Gasteiger partial charge is 0.182 e. The number of nitrogens with zero attached hydrogens (tertiary/aromatic N) is 5. The van der Waals surface area contributed by atoms with Crippen LogP contribution in [0.25, 0.3) is 22.5 Å². The molecule has 0 saturated carbocycles. The minimum atomic E-state index is 0.380. The molecule has 0 unspecified atom stereocenters. The van der Waals surface area contributed by atoms with Gasteiger partial charge in [0.2, 0.25) is 0 Å². The average Bonchev–Trinajstić information content (AvgIpc) is 3.02. The van der Waals surface area contributed by atoms with Crippen molar-refractivity contribution in [2.45, 2.75) is 19.9 Å². The van der Waals surface area contributed by atoms with Gasteiger partial charge in [0.25, 0.3) is 0 Å². The minimum Gasteiger partial charge on any atom is -0.224 e. The molecule has 0 N–H and O–H groups in total. The Hall–Kier alpha value is -3.00. The van der Waals surface area contributed by atoms with E-state index in [4.69, 9.17) is 5.26 Å². The van der Waals surface area contributed by atoms with E-state index in [1.54, 1.807) is 4.68 Å². The van der Waals surface area contributed by atoms with Gasteiger partial charge >= 0.3 is 0 Å². The van der Waals surface area contributed by atoms with Gasteiger partial charge in [0.05, 0.1) is 19.0 Å². The number of rotatable bonds is 4. The van der Waals surface area contributed by atoms with E-state index >= 15 is 0 Å². The lowest BCUT2D eigenvalue weighted by Gasteiger charge is -2.09. The molecule has 0 radical (unpaired) electrons. The van der Waals surface area contributed by atoms with Gasteiger partial charge in [0.15, 0.2) is 5.82 Å². The molecule has 5 nitrogen and oxygen atoms in total. The zero-order valence-electron chi connectivity index (χ0n) is 12.3. The number of aromatic nitrogens is 4. The highest BCUT2D eigenvalue weighted by molar-refractivity contribution is 5.80. The van der Waals surface area contributed by atoms with Gasteiger partial charge < -0.3 is 0 Å². The number of tetrazole rings is 1. The van der Waals surface area contributed by atoms with Crippen molar-refractivity contribution < 1.29 is 0 Å². The van der Waals surface area contributed by atoms with Crippen LogP contribution in [0, 0.1) is 18.3 Å². The first-order chi connectivity index (χ1) is 10.8. The molecule has 1 heterocycles. The van der Waals surface area contributed by atoms with Crippen LogP contribution in [0.5, 0.6) is 0 Å². The van der Waals surface area contributed by atoms with E-state index in [1.807, 2.05) is 18.2 Å². The summed E-state index contributed by atoms with van der Waals surface area (Å²) >= 11 is 0. The summed E-state index contributed by atoms with van der Waals surface area (Å²) in [6.45, 7) is 2.55. The molecule has 3 aromatic rings. The fourth-order valence-corrected chi connectivity index (χ4v) is 2.37. The molecule has 108 valence electrons. The Morgan fingerprint density at radius 2 is 1.77 bits per heavy atom. The average molecular weight is 289 g/mol. The molecule has 3 rings (SSSR count). The number of hydrogen-bond acceptors (Lipinski definition) is 4. The normalized spacial score (nSPS) is 10.4. The lowest BCUT2D eigenvalue weighted by molar-refractivity contribution is 0.604. The van der Waals surface area contributed by atoms with Crippen molar-refractivity contribution in [3.63, 3.8) is 0 Å². The Morgan fingerprint density at radius 1 is 1.05 bits per heavy atom. The maximum absolute atomic E-state index is 8.75. The van der Waals surface area contributed by atoms with E-state index in [1.165, 1.54) is 5.56 Å². The zero-order valence-corrected chi connectivity index (χ0v) is 12.3. The predicted octanol–water partition coefficient (Wildman–Crippen LogP) is 3.23. The van der Waals surface area contributed by atoms with Gasteiger partial charge in [-0.15, -0.1) is 5.10 Å². The highest BCUT2D eigenvalue weighted by Gasteiger charge is 2.13. The van der Waals surface area contributed by atoms with Gasteiger partial charge in [-0.2, -0.15) is 5.26 Å². The first-order valence-electron chi connectivity index (χ1n) is 7.09. The van der Waals surface area contributed by atoms with E-state index < -0.39 is 0 Å². The Kier molecular flexibility index (Phi) is 3.92. The van der Waals surface area contributed by atoms with Crippen LogP contribution in [0.3, 0.4) is 0 Å². The first kappa shape index (κ1) is 14.0. The van der Waals surface area contributed by atoms with Crippen molar-refractivity contribution in [2.24, 2.45) is 0 Å². The molecule has 0 amide bonds. The standard InChI is InChI=1S/C17H15N5/c1-13-7-9-14(10-8-13)15-5-2-3-6-16(15)17-19-20-21-22(17)12-4-11-18/h2-3,5-10H,4,12H2,1H3. The van der Waals surface area contributed by atoms with E-state index in [0.717, 1.165) is 16.7 Å². The maximum Gasteiger partial charge on any atom is 0.182 e. The van der Waals surface area contributed by atoms with Crippen LogP contribution in [0.1, 0.15) is 12.0 Å². The van der Waals surface area contributed by atoms with Crippen LogP contribution in [0.2, 0.25) is 0 Å². The third kappa shape index (κ3) is 2.72. The highest BCUT2D eigenvalue weighted by atomic mass is 15.5. The Bertz CT molecular complexity index is 812. The SMILES string of the molecule is Cc1ccc(-c2ccccc2-c2nnnn2CCC#N)cc1. The molecule has 0 fully saturated rings. The first-order valence-corrected chi connectivity index (χ1v) is 7.09. The third-order valence-electron chi connectivity index (χ3n) is 3.50. The number of nitriles is 1. The molecule has 0 aliphatic rings. The van der Waals surface area contributed by atoms with Crippen molar-refractivity contribution in [2.75, 3.05) is 0 Å². The number of hydrogen-bond donors (Lipinski definition) is 0. The lowest BCUT2D eigenvalue weighted by Crippen LogP contribution is -2.03. The zero-order chi connectivity index (χ0) is 15.4. The molecule has 0 aliphatic heterocycles. The monoisotopic (exact) mass is 289 g/mol. The number of aryl methyl sites for hydroxylation is 2. The van der Waals surface area contributed by atoms with Crippen molar-refractivity contribution in [1.29, 1.82) is 5.26 Å².